The summed E-state index contributed by atoms with van der Waals surface area (Å²) in [6, 6.07) is 4.00. The van der Waals surface area contributed by atoms with Crippen molar-refractivity contribution < 1.29 is 14.5 Å². The van der Waals surface area contributed by atoms with Crippen LogP contribution in [0, 0.1) is 10.1 Å². The minimum absolute atomic E-state index is 0.106. The van der Waals surface area contributed by atoms with Crippen LogP contribution in [0.5, 0.6) is 5.75 Å². The zero-order valence-electron chi connectivity index (χ0n) is 12.6. The number of carbonyl (C=O) groups excluding carboxylic acids is 1. The molecule has 23 heavy (non-hydrogen) atoms. The molecule has 122 valence electrons. The lowest BCUT2D eigenvalue weighted by Crippen LogP contribution is -2.15. The van der Waals surface area contributed by atoms with Gasteiger partial charge < -0.3 is 14.6 Å². The number of carbonyl (C=O) groups is 1. The van der Waals surface area contributed by atoms with Gasteiger partial charge in [0.2, 0.25) is 5.91 Å². The Morgan fingerprint density at radius 2 is 2.30 bits per heavy atom. The summed E-state index contributed by atoms with van der Waals surface area (Å²) in [5.74, 6) is 0.0980. The minimum Gasteiger partial charge on any atom is -0.494 e. The van der Waals surface area contributed by atoms with Gasteiger partial charge in [0.15, 0.2) is 5.16 Å². The van der Waals surface area contributed by atoms with Crippen LogP contribution in [-0.4, -0.2) is 38.5 Å². The topological polar surface area (TPSA) is 112 Å². The van der Waals surface area contributed by atoms with E-state index in [1.54, 1.807) is 6.33 Å². The quantitative estimate of drug-likeness (QED) is 0.467. The summed E-state index contributed by atoms with van der Waals surface area (Å²) in [5.41, 5.74) is 0.269. The molecule has 10 heteroatoms. The van der Waals surface area contributed by atoms with E-state index in [4.69, 9.17) is 4.74 Å². The first-order chi connectivity index (χ1) is 11.0. The Balaban J connectivity index is 2.01. The molecule has 1 aromatic heterocycles. The van der Waals surface area contributed by atoms with E-state index in [0.717, 1.165) is 0 Å². The first kappa shape index (κ1) is 16.7. The molecule has 0 fully saturated rings. The van der Waals surface area contributed by atoms with Gasteiger partial charge in [-0.1, -0.05) is 11.8 Å². The maximum Gasteiger partial charge on any atom is 0.273 e. The number of aryl methyl sites for hydroxylation is 1. The zero-order valence-corrected chi connectivity index (χ0v) is 13.4. The van der Waals surface area contributed by atoms with Crippen LogP contribution >= 0.6 is 11.8 Å². The largest absolute Gasteiger partial charge is 0.494 e. The summed E-state index contributed by atoms with van der Waals surface area (Å²) < 4.78 is 6.90. The van der Waals surface area contributed by atoms with Gasteiger partial charge in [-0.25, -0.2) is 0 Å². The Bertz CT molecular complexity index is 718. The molecule has 1 amide bonds. The van der Waals surface area contributed by atoms with Crippen molar-refractivity contribution in [1.82, 2.24) is 14.8 Å². The summed E-state index contributed by atoms with van der Waals surface area (Å²) >= 11 is 1.26. The molecule has 0 unspecified atom stereocenters. The number of methoxy groups -OCH3 is 1. The number of nitrogens with one attached hydrogen (secondary N) is 1. The van der Waals surface area contributed by atoms with Gasteiger partial charge in [0.05, 0.1) is 29.5 Å². The van der Waals surface area contributed by atoms with Crippen LogP contribution in [-0.2, 0) is 11.3 Å². The Labute approximate surface area is 136 Å². The first-order valence-electron chi connectivity index (χ1n) is 6.68. The molecule has 2 aromatic rings. The van der Waals surface area contributed by atoms with Crippen molar-refractivity contribution >= 4 is 29.0 Å². The van der Waals surface area contributed by atoms with E-state index in [1.165, 1.54) is 37.1 Å². The van der Waals surface area contributed by atoms with Crippen molar-refractivity contribution in [1.29, 1.82) is 0 Å². The van der Waals surface area contributed by atoms with Gasteiger partial charge in [-0.3, -0.25) is 14.9 Å². The predicted octanol–water partition coefficient (Wildman–Crippen LogP) is 1.95. The van der Waals surface area contributed by atoms with Crippen LogP contribution < -0.4 is 10.1 Å². The number of non-ortho nitro benzene ring substituents is 1. The molecule has 1 heterocycles. The van der Waals surface area contributed by atoms with Gasteiger partial charge in [0, 0.05) is 12.6 Å². The van der Waals surface area contributed by atoms with Crippen LogP contribution in [0.3, 0.4) is 0 Å². The van der Waals surface area contributed by atoms with Crippen LogP contribution in [0.15, 0.2) is 29.7 Å². The van der Waals surface area contributed by atoms with Crippen LogP contribution in [0.2, 0.25) is 0 Å². The molecule has 0 bridgehead atoms. The lowest BCUT2D eigenvalue weighted by atomic mass is 10.2. The molecule has 0 saturated heterocycles. The van der Waals surface area contributed by atoms with Gasteiger partial charge in [-0.2, -0.15) is 0 Å². The molecule has 1 N–H and O–H groups in total. The van der Waals surface area contributed by atoms with Crippen molar-refractivity contribution in [3.05, 3.63) is 34.6 Å². The number of nitro benzene ring substituents is 1. The molecule has 0 aliphatic rings. The van der Waals surface area contributed by atoms with Crippen molar-refractivity contribution in [2.24, 2.45) is 0 Å². The Kier molecular flexibility index (Phi) is 5.52. The fourth-order valence-corrected chi connectivity index (χ4v) is 2.57. The number of benzene rings is 1. The number of nitro groups is 1. The summed E-state index contributed by atoms with van der Waals surface area (Å²) in [6.07, 6.45) is 1.60. The SMILES string of the molecule is CCn1cnnc1SCC(=O)Nc1ccc([N+](=O)[O-])cc1OC. The Hall–Kier alpha value is -2.62. The minimum atomic E-state index is -0.526. The maximum atomic E-state index is 12.0. The number of aromatic nitrogens is 3. The van der Waals surface area contributed by atoms with Gasteiger partial charge in [0.1, 0.15) is 12.1 Å². The molecule has 0 atom stereocenters. The maximum absolute atomic E-state index is 12.0. The first-order valence-corrected chi connectivity index (χ1v) is 7.66. The van der Waals surface area contributed by atoms with Crippen molar-refractivity contribution in [3.8, 4) is 5.75 Å². The number of hydrogen-bond acceptors (Lipinski definition) is 7. The molecule has 9 nitrogen and oxygen atoms in total. The highest BCUT2D eigenvalue weighted by atomic mass is 32.2. The Morgan fingerprint density at radius 3 is 2.96 bits per heavy atom. The highest BCUT2D eigenvalue weighted by Gasteiger charge is 2.14. The molecular formula is C13H15N5O4S. The third kappa shape index (κ3) is 4.19. The molecular weight excluding hydrogens is 322 g/mol. The molecule has 0 radical (unpaired) electrons. The normalized spacial score (nSPS) is 10.3. The summed E-state index contributed by atoms with van der Waals surface area (Å²) in [4.78, 5) is 22.2. The fraction of sp³-hybridized carbons (Fsp3) is 0.308. The molecule has 0 spiro atoms. The second-order valence-electron chi connectivity index (χ2n) is 4.38. The highest BCUT2D eigenvalue weighted by molar-refractivity contribution is 7.99. The van der Waals surface area contributed by atoms with Crippen LogP contribution in [0.1, 0.15) is 6.92 Å². The van der Waals surface area contributed by atoms with E-state index in [-0.39, 0.29) is 23.1 Å². The monoisotopic (exact) mass is 337 g/mol. The predicted molar refractivity (Wildman–Crippen MR) is 84.7 cm³/mol. The molecule has 2 rings (SSSR count). The van der Waals surface area contributed by atoms with E-state index in [1.807, 2.05) is 11.5 Å². The lowest BCUT2D eigenvalue weighted by Gasteiger charge is -2.09. The van der Waals surface area contributed by atoms with Gasteiger partial charge >= 0.3 is 0 Å². The average molecular weight is 337 g/mol. The number of anilines is 1. The number of amides is 1. The number of hydrogen-bond donors (Lipinski definition) is 1. The molecule has 0 aliphatic carbocycles. The summed E-state index contributed by atoms with van der Waals surface area (Å²) in [5, 5.41) is 21.8. The second-order valence-corrected chi connectivity index (χ2v) is 5.32. The zero-order chi connectivity index (χ0) is 16.8. The molecule has 0 saturated carbocycles. The lowest BCUT2D eigenvalue weighted by molar-refractivity contribution is -0.384. The van der Waals surface area contributed by atoms with Gasteiger partial charge in [0.25, 0.3) is 5.69 Å². The smallest absolute Gasteiger partial charge is 0.273 e. The standard InChI is InChI=1S/C13H15N5O4S/c1-3-17-8-14-16-13(17)23-7-12(19)15-10-5-4-9(18(20)21)6-11(10)22-2/h4-6,8H,3,7H2,1-2H3,(H,15,19). The fourth-order valence-electron chi connectivity index (χ4n) is 1.79. The average Bonchev–Trinajstić information content (AvgIpc) is 3.00. The number of rotatable bonds is 7. The van der Waals surface area contributed by atoms with Gasteiger partial charge in [-0.05, 0) is 13.0 Å². The summed E-state index contributed by atoms with van der Waals surface area (Å²) in [6.45, 7) is 2.67. The highest BCUT2D eigenvalue weighted by Crippen LogP contribution is 2.29. The molecule has 1 aromatic carbocycles. The Morgan fingerprint density at radius 1 is 1.52 bits per heavy atom. The van der Waals surface area contributed by atoms with E-state index in [2.05, 4.69) is 15.5 Å². The number of nitrogens with zero attached hydrogens (tertiary/aromatic N) is 4. The molecule has 0 aliphatic heterocycles. The van der Waals surface area contributed by atoms with Crippen molar-refractivity contribution in [2.45, 2.75) is 18.6 Å². The third-order valence-corrected chi connectivity index (χ3v) is 3.90. The number of ether oxygens (including phenoxy) is 1. The number of thioether (sulfide) groups is 1. The van der Waals surface area contributed by atoms with E-state index >= 15 is 0 Å². The van der Waals surface area contributed by atoms with Crippen LogP contribution in [0.25, 0.3) is 0 Å². The second kappa shape index (κ2) is 7.58. The summed E-state index contributed by atoms with van der Waals surface area (Å²) in [7, 11) is 1.38. The van der Waals surface area contributed by atoms with Crippen molar-refractivity contribution in [3.63, 3.8) is 0 Å². The third-order valence-electron chi connectivity index (χ3n) is 2.92. The van der Waals surface area contributed by atoms with Crippen molar-refractivity contribution in [2.75, 3.05) is 18.2 Å². The van der Waals surface area contributed by atoms with E-state index in [0.29, 0.717) is 17.4 Å². The van der Waals surface area contributed by atoms with E-state index < -0.39 is 4.92 Å². The van der Waals surface area contributed by atoms with Crippen LogP contribution in [0.4, 0.5) is 11.4 Å². The van der Waals surface area contributed by atoms with Gasteiger partial charge in [-0.15, -0.1) is 10.2 Å². The van der Waals surface area contributed by atoms with E-state index in [9.17, 15) is 14.9 Å².